The molecule has 0 heterocycles. The molecule has 2 unspecified atom stereocenters. The number of aliphatic hydroxyl groups excluding tert-OH is 1. The van der Waals surface area contributed by atoms with Gasteiger partial charge >= 0.3 is 6.18 Å². The summed E-state index contributed by atoms with van der Waals surface area (Å²) in [6, 6.07) is 0. The molecule has 2 atom stereocenters. The number of nitrogens with two attached hydrogens (primary N) is 1. The minimum atomic E-state index is -4.34. The van der Waals surface area contributed by atoms with E-state index in [9.17, 15) is 13.2 Å². The molecule has 0 radical (unpaired) electrons. The summed E-state index contributed by atoms with van der Waals surface area (Å²) in [6.45, 7) is 0.817. The summed E-state index contributed by atoms with van der Waals surface area (Å²) < 4.78 is 40.0. The van der Waals surface area contributed by atoms with Crippen molar-refractivity contribution in [2.75, 3.05) is 13.2 Å². The zero-order valence-electron chi connectivity index (χ0n) is 7.34. The predicted molar refractivity (Wildman–Crippen MR) is 41.1 cm³/mol. The van der Waals surface area contributed by atoms with Gasteiger partial charge in [0.15, 0.2) is 6.10 Å². The number of alkyl halides is 3. The maximum atomic E-state index is 11.8. The molecule has 3 nitrogen and oxygen atoms in total. The molecule has 0 saturated heterocycles. The zero-order valence-corrected chi connectivity index (χ0v) is 7.34. The van der Waals surface area contributed by atoms with Crippen LogP contribution in [0.3, 0.4) is 0 Å². The number of halogens is 3. The van der Waals surface area contributed by atoms with E-state index in [-0.39, 0.29) is 19.6 Å². The van der Waals surface area contributed by atoms with Gasteiger partial charge in [0.1, 0.15) is 0 Å². The van der Waals surface area contributed by atoms with E-state index < -0.39 is 18.4 Å². The average molecular weight is 201 g/mol. The van der Waals surface area contributed by atoms with Crippen LogP contribution in [0.2, 0.25) is 0 Å². The quantitative estimate of drug-likeness (QED) is 0.687. The molecule has 3 N–H and O–H groups in total. The Balaban J connectivity index is 3.54. The van der Waals surface area contributed by atoms with Gasteiger partial charge in [0.05, 0.1) is 6.10 Å². The van der Waals surface area contributed by atoms with Crippen molar-refractivity contribution in [1.29, 1.82) is 0 Å². The molecule has 0 saturated carbocycles. The Morgan fingerprint density at radius 2 is 2.00 bits per heavy atom. The highest BCUT2D eigenvalue weighted by Crippen LogP contribution is 2.22. The lowest BCUT2D eigenvalue weighted by Gasteiger charge is -2.17. The molecule has 0 rings (SSSR count). The van der Waals surface area contributed by atoms with Gasteiger partial charge in [-0.1, -0.05) is 0 Å². The number of aliphatic hydroxyl groups is 1. The molecular weight excluding hydrogens is 187 g/mol. The first kappa shape index (κ1) is 12.7. The molecule has 0 aromatic rings. The summed E-state index contributed by atoms with van der Waals surface area (Å²) in [7, 11) is 0. The Morgan fingerprint density at radius 1 is 1.46 bits per heavy atom. The molecule has 0 aromatic carbocycles. The van der Waals surface area contributed by atoms with Crippen molar-refractivity contribution in [2.45, 2.75) is 31.7 Å². The topological polar surface area (TPSA) is 55.5 Å². The molecule has 0 bridgehead atoms. The van der Waals surface area contributed by atoms with Crippen LogP contribution in [0.4, 0.5) is 13.2 Å². The van der Waals surface area contributed by atoms with Gasteiger partial charge in [-0.25, -0.2) is 0 Å². The van der Waals surface area contributed by atoms with E-state index >= 15 is 0 Å². The Labute approximate surface area is 74.7 Å². The third-order valence-corrected chi connectivity index (χ3v) is 1.55. The predicted octanol–water partition coefficient (Wildman–Crippen LogP) is 0.663. The smallest absolute Gasteiger partial charge is 0.392 e. The minimum absolute atomic E-state index is 0.0315. The van der Waals surface area contributed by atoms with Crippen molar-refractivity contribution in [3.05, 3.63) is 0 Å². The van der Waals surface area contributed by atoms with Crippen molar-refractivity contribution < 1.29 is 23.0 Å². The number of ether oxygens (including phenoxy) is 1. The van der Waals surface area contributed by atoms with E-state index in [1.807, 2.05) is 0 Å². The molecule has 80 valence electrons. The van der Waals surface area contributed by atoms with Crippen LogP contribution in [0.25, 0.3) is 0 Å². The fourth-order valence-corrected chi connectivity index (χ4v) is 0.593. The van der Waals surface area contributed by atoms with E-state index in [4.69, 9.17) is 10.8 Å². The van der Waals surface area contributed by atoms with Crippen molar-refractivity contribution in [2.24, 2.45) is 5.73 Å². The van der Waals surface area contributed by atoms with Gasteiger partial charge in [-0.3, -0.25) is 0 Å². The molecule has 0 aliphatic heterocycles. The molecule has 13 heavy (non-hydrogen) atoms. The summed E-state index contributed by atoms with van der Waals surface area (Å²) in [6.07, 6.45) is -6.80. The number of hydrogen-bond acceptors (Lipinski definition) is 3. The molecule has 6 heteroatoms. The van der Waals surface area contributed by atoms with Crippen molar-refractivity contribution in [3.8, 4) is 0 Å². The van der Waals surface area contributed by atoms with Gasteiger partial charge in [-0.05, 0) is 13.3 Å². The number of hydrogen-bond donors (Lipinski definition) is 2. The van der Waals surface area contributed by atoms with Gasteiger partial charge in [0.25, 0.3) is 0 Å². The van der Waals surface area contributed by atoms with Crippen LogP contribution in [0.1, 0.15) is 13.3 Å². The summed E-state index contributed by atoms with van der Waals surface area (Å²) >= 11 is 0. The molecular formula is C7H14F3NO2. The first-order valence-corrected chi connectivity index (χ1v) is 3.94. The lowest BCUT2D eigenvalue weighted by Crippen LogP contribution is -2.30. The fourth-order valence-electron chi connectivity index (χ4n) is 0.593. The second-order valence-corrected chi connectivity index (χ2v) is 2.73. The monoisotopic (exact) mass is 201 g/mol. The van der Waals surface area contributed by atoms with Gasteiger partial charge < -0.3 is 15.6 Å². The summed E-state index contributed by atoms with van der Waals surface area (Å²) in [5.41, 5.74) is 5.05. The average Bonchev–Trinajstić information content (AvgIpc) is 2.02. The van der Waals surface area contributed by atoms with Crippen LogP contribution in [0.15, 0.2) is 0 Å². The van der Waals surface area contributed by atoms with Crippen LogP contribution >= 0.6 is 0 Å². The molecule has 0 fully saturated rings. The van der Waals surface area contributed by atoms with Crippen LogP contribution in [-0.2, 0) is 4.74 Å². The highest BCUT2D eigenvalue weighted by atomic mass is 19.4. The maximum absolute atomic E-state index is 11.8. The minimum Gasteiger partial charge on any atom is -0.392 e. The summed E-state index contributed by atoms with van der Waals surface area (Å²) in [5, 5.41) is 8.89. The van der Waals surface area contributed by atoms with Crippen LogP contribution in [-0.4, -0.2) is 36.6 Å². The van der Waals surface area contributed by atoms with E-state index in [1.54, 1.807) is 0 Å². The van der Waals surface area contributed by atoms with Crippen LogP contribution in [0, 0.1) is 0 Å². The highest BCUT2D eigenvalue weighted by molar-refractivity contribution is 4.62. The Morgan fingerprint density at radius 3 is 2.38 bits per heavy atom. The number of rotatable bonds is 5. The van der Waals surface area contributed by atoms with Crippen molar-refractivity contribution in [3.63, 3.8) is 0 Å². The van der Waals surface area contributed by atoms with Crippen molar-refractivity contribution >= 4 is 0 Å². The second kappa shape index (κ2) is 5.41. The van der Waals surface area contributed by atoms with Gasteiger partial charge in [-0.2, -0.15) is 13.2 Å². The highest BCUT2D eigenvalue weighted by Gasteiger charge is 2.36. The van der Waals surface area contributed by atoms with E-state index in [2.05, 4.69) is 4.74 Å². The molecule has 0 aromatic heterocycles. The molecule has 0 aliphatic carbocycles. The van der Waals surface area contributed by atoms with Crippen LogP contribution < -0.4 is 5.73 Å². The Bertz CT molecular complexity index is 140. The molecule has 0 aliphatic rings. The second-order valence-electron chi connectivity index (χ2n) is 2.73. The van der Waals surface area contributed by atoms with E-state index in [0.29, 0.717) is 0 Å². The first-order valence-electron chi connectivity index (χ1n) is 3.94. The SMILES string of the molecule is CC(OCCC(O)CN)C(F)(F)F. The lowest BCUT2D eigenvalue weighted by molar-refractivity contribution is -0.215. The first-order chi connectivity index (χ1) is 5.88. The standard InChI is InChI=1S/C7H14F3NO2/c1-5(7(8,9)10)13-3-2-6(12)4-11/h5-6,12H,2-4,11H2,1H3. The summed E-state index contributed by atoms with van der Waals surface area (Å²) in [5.74, 6) is 0. The van der Waals surface area contributed by atoms with E-state index in [1.165, 1.54) is 0 Å². The van der Waals surface area contributed by atoms with Gasteiger partial charge in [-0.15, -0.1) is 0 Å². The fraction of sp³-hybridized carbons (Fsp3) is 1.00. The molecule has 0 amide bonds. The Kier molecular flexibility index (Phi) is 5.27. The normalized spacial score (nSPS) is 17.1. The largest absolute Gasteiger partial charge is 0.414 e. The lowest BCUT2D eigenvalue weighted by atomic mass is 10.3. The van der Waals surface area contributed by atoms with Gasteiger partial charge in [0, 0.05) is 13.2 Å². The van der Waals surface area contributed by atoms with Crippen LogP contribution in [0.5, 0.6) is 0 Å². The van der Waals surface area contributed by atoms with Gasteiger partial charge in [0.2, 0.25) is 0 Å². The third-order valence-electron chi connectivity index (χ3n) is 1.55. The third kappa shape index (κ3) is 5.84. The molecule has 0 spiro atoms. The maximum Gasteiger partial charge on any atom is 0.414 e. The van der Waals surface area contributed by atoms with E-state index in [0.717, 1.165) is 6.92 Å². The summed E-state index contributed by atoms with van der Waals surface area (Å²) in [4.78, 5) is 0. The van der Waals surface area contributed by atoms with Crippen molar-refractivity contribution in [1.82, 2.24) is 0 Å². The zero-order chi connectivity index (χ0) is 10.5. The Hall–Kier alpha value is -0.330.